The molecule has 0 aromatic heterocycles. The molecule has 1 N–H and O–H groups in total. The summed E-state index contributed by atoms with van der Waals surface area (Å²) in [6.45, 7) is 5.71. The number of amides is 1. The number of hydrogen-bond acceptors (Lipinski definition) is 4. The Morgan fingerprint density at radius 3 is 2.62 bits per heavy atom. The van der Waals surface area contributed by atoms with E-state index in [0.29, 0.717) is 44.0 Å². The smallest absolute Gasteiger partial charge is 0.409 e. The summed E-state index contributed by atoms with van der Waals surface area (Å²) in [6, 6.07) is 4.70. The van der Waals surface area contributed by atoms with Gasteiger partial charge in [0.15, 0.2) is 0 Å². The van der Waals surface area contributed by atoms with E-state index < -0.39 is 6.10 Å². The number of halogens is 1. The number of benzene rings is 1. The lowest BCUT2D eigenvalue weighted by atomic mass is 10.1. The van der Waals surface area contributed by atoms with Crippen molar-refractivity contribution < 1.29 is 19.0 Å². The SMILES string of the molecule is CCOC(=O)N1CCN(c2c(F)cccc2[C@H](C)O)CC1. The predicted octanol–water partition coefficient (Wildman–Crippen LogP) is 2.16. The van der Waals surface area contributed by atoms with Crippen LogP contribution in [0.5, 0.6) is 0 Å². The van der Waals surface area contributed by atoms with Crippen molar-refractivity contribution in [2.45, 2.75) is 20.0 Å². The molecule has 0 bridgehead atoms. The lowest BCUT2D eigenvalue weighted by Crippen LogP contribution is -2.49. The summed E-state index contributed by atoms with van der Waals surface area (Å²) >= 11 is 0. The number of ether oxygens (including phenoxy) is 1. The molecule has 6 heteroatoms. The van der Waals surface area contributed by atoms with Gasteiger partial charge in [0.25, 0.3) is 0 Å². The van der Waals surface area contributed by atoms with Gasteiger partial charge in [0.05, 0.1) is 18.4 Å². The van der Waals surface area contributed by atoms with Crippen LogP contribution in [-0.2, 0) is 4.74 Å². The van der Waals surface area contributed by atoms with Crippen molar-refractivity contribution >= 4 is 11.8 Å². The number of piperazine rings is 1. The third-order valence-corrected chi connectivity index (χ3v) is 3.59. The zero-order chi connectivity index (χ0) is 15.4. The first-order chi connectivity index (χ1) is 10.0. The van der Waals surface area contributed by atoms with Crippen LogP contribution >= 0.6 is 0 Å². The summed E-state index contributed by atoms with van der Waals surface area (Å²) in [5.41, 5.74) is 0.996. The van der Waals surface area contributed by atoms with Crippen LogP contribution in [0.4, 0.5) is 14.9 Å². The van der Waals surface area contributed by atoms with Gasteiger partial charge in [-0.2, -0.15) is 0 Å². The molecule has 2 rings (SSSR count). The number of hydrogen-bond donors (Lipinski definition) is 1. The molecule has 1 amide bonds. The molecule has 1 aromatic rings. The van der Waals surface area contributed by atoms with E-state index in [2.05, 4.69) is 0 Å². The number of anilines is 1. The summed E-state index contributed by atoms with van der Waals surface area (Å²) in [7, 11) is 0. The van der Waals surface area contributed by atoms with Gasteiger partial charge < -0.3 is 19.6 Å². The van der Waals surface area contributed by atoms with E-state index in [1.54, 1.807) is 30.9 Å². The minimum absolute atomic E-state index is 0.332. The summed E-state index contributed by atoms with van der Waals surface area (Å²) in [6.07, 6.45) is -1.07. The highest BCUT2D eigenvalue weighted by Crippen LogP contribution is 2.30. The average molecular weight is 296 g/mol. The van der Waals surface area contributed by atoms with E-state index in [1.165, 1.54) is 6.07 Å². The molecule has 116 valence electrons. The van der Waals surface area contributed by atoms with Crippen molar-refractivity contribution in [1.29, 1.82) is 0 Å². The van der Waals surface area contributed by atoms with Gasteiger partial charge in [-0.15, -0.1) is 0 Å². The number of aliphatic hydroxyl groups is 1. The third kappa shape index (κ3) is 3.44. The van der Waals surface area contributed by atoms with E-state index in [0.717, 1.165) is 0 Å². The molecule has 5 nitrogen and oxygen atoms in total. The van der Waals surface area contributed by atoms with Gasteiger partial charge in [-0.05, 0) is 19.9 Å². The van der Waals surface area contributed by atoms with Crippen molar-refractivity contribution in [2.75, 3.05) is 37.7 Å². The zero-order valence-electron chi connectivity index (χ0n) is 12.4. The minimum Gasteiger partial charge on any atom is -0.450 e. The van der Waals surface area contributed by atoms with Crippen LogP contribution in [-0.4, -0.2) is 48.9 Å². The Balaban J connectivity index is 2.11. The Morgan fingerprint density at radius 1 is 1.38 bits per heavy atom. The van der Waals surface area contributed by atoms with Crippen LogP contribution in [0.1, 0.15) is 25.5 Å². The lowest BCUT2D eigenvalue weighted by Gasteiger charge is -2.36. The molecular weight excluding hydrogens is 275 g/mol. The monoisotopic (exact) mass is 296 g/mol. The first-order valence-electron chi connectivity index (χ1n) is 7.17. The topological polar surface area (TPSA) is 53.0 Å². The standard InChI is InChI=1S/C15H21FN2O3/c1-3-21-15(20)18-9-7-17(8-10-18)14-12(11(2)19)5-4-6-13(14)16/h4-6,11,19H,3,7-10H2,1-2H3/t11-/m0/s1. The Hall–Kier alpha value is -1.82. The van der Waals surface area contributed by atoms with Gasteiger partial charge in [0, 0.05) is 31.7 Å². The second-order valence-corrected chi connectivity index (χ2v) is 5.03. The highest BCUT2D eigenvalue weighted by molar-refractivity contribution is 5.68. The maximum Gasteiger partial charge on any atom is 0.409 e. The zero-order valence-corrected chi connectivity index (χ0v) is 12.4. The molecule has 1 aromatic carbocycles. The number of aliphatic hydroxyl groups excluding tert-OH is 1. The van der Waals surface area contributed by atoms with Gasteiger partial charge in [-0.3, -0.25) is 0 Å². The van der Waals surface area contributed by atoms with Gasteiger partial charge in [-0.25, -0.2) is 9.18 Å². The van der Waals surface area contributed by atoms with Gasteiger partial charge in [0.2, 0.25) is 0 Å². The molecular formula is C15H21FN2O3. The highest BCUT2D eigenvalue weighted by atomic mass is 19.1. The molecule has 0 spiro atoms. The van der Waals surface area contributed by atoms with E-state index in [9.17, 15) is 14.3 Å². The second kappa shape index (κ2) is 6.76. The normalized spacial score (nSPS) is 16.8. The summed E-state index contributed by atoms with van der Waals surface area (Å²) < 4.78 is 19.1. The molecule has 0 aliphatic carbocycles. The molecule has 0 unspecified atom stereocenters. The van der Waals surface area contributed by atoms with E-state index in [1.807, 2.05) is 4.90 Å². The largest absolute Gasteiger partial charge is 0.450 e. The number of para-hydroxylation sites is 1. The van der Waals surface area contributed by atoms with Crippen LogP contribution in [0.25, 0.3) is 0 Å². The molecule has 0 radical (unpaired) electrons. The fraction of sp³-hybridized carbons (Fsp3) is 0.533. The maximum atomic E-state index is 14.1. The number of carbonyl (C=O) groups excluding carboxylic acids is 1. The summed E-state index contributed by atoms with van der Waals surface area (Å²) in [5, 5.41) is 9.79. The minimum atomic E-state index is -0.737. The van der Waals surface area contributed by atoms with Crippen LogP contribution < -0.4 is 4.90 Å². The molecule has 1 fully saturated rings. The third-order valence-electron chi connectivity index (χ3n) is 3.59. The Labute approximate surface area is 123 Å². The van der Waals surface area contributed by atoms with Gasteiger partial charge in [0.1, 0.15) is 5.82 Å². The summed E-state index contributed by atoms with van der Waals surface area (Å²) in [4.78, 5) is 15.1. The van der Waals surface area contributed by atoms with Gasteiger partial charge in [-0.1, -0.05) is 12.1 Å². The lowest BCUT2D eigenvalue weighted by molar-refractivity contribution is 0.105. The number of nitrogens with zero attached hydrogens (tertiary/aromatic N) is 2. The second-order valence-electron chi connectivity index (χ2n) is 5.03. The van der Waals surface area contributed by atoms with Crippen molar-refractivity contribution in [3.8, 4) is 0 Å². The Bertz CT molecular complexity index is 500. The average Bonchev–Trinajstić information content (AvgIpc) is 2.47. The Morgan fingerprint density at radius 2 is 2.05 bits per heavy atom. The maximum absolute atomic E-state index is 14.1. The molecule has 0 saturated carbocycles. The van der Waals surface area contributed by atoms with Crippen LogP contribution in [0.15, 0.2) is 18.2 Å². The van der Waals surface area contributed by atoms with Crippen LogP contribution in [0, 0.1) is 5.82 Å². The molecule has 1 atom stereocenters. The first kappa shape index (κ1) is 15.6. The van der Waals surface area contributed by atoms with Crippen LogP contribution in [0.3, 0.4) is 0 Å². The predicted molar refractivity (Wildman–Crippen MR) is 77.8 cm³/mol. The van der Waals surface area contributed by atoms with Crippen molar-refractivity contribution in [3.63, 3.8) is 0 Å². The van der Waals surface area contributed by atoms with Crippen molar-refractivity contribution in [1.82, 2.24) is 4.90 Å². The van der Waals surface area contributed by atoms with Crippen LogP contribution in [0.2, 0.25) is 0 Å². The first-order valence-corrected chi connectivity index (χ1v) is 7.17. The van der Waals surface area contributed by atoms with Crippen molar-refractivity contribution in [2.24, 2.45) is 0 Å². The highest BCUT2D eigenvalue weighted by Gasteiger charge is 2.25. The molecule has 1 saturated heterocycles. The van der Waals surface area contributed by atoms with E-state index >= 15 is 0 Å². The fourth-order valence-electron chi connectivity index (χ4n) is 2.53. The fourth-order valence-corrected chi connectivity index (χ4v) is 2.53. The van der Waals surface area contributed by atoms with Gasteiger partial charge >= 0.3 is 6.09 Å². The number of rotatable bonds is 3. The molecule has 1 aliphatic heterocycles. The quantitative estimate of drug-likeness (QED) is 0.928. The Kier molecular flexibility index (Phi) is 5.01. The number of carbonyl (C=O) groups is 1. The molecule has 1 heterocycles. The summed E-state index contributed by atoms with van der Waals surface area (Å²) in [5.74, 6) is -0.349. The van der Waals surface area contributed by atoms with E-state index in [4.69, 9.17) is 4.74 Å². The van der Waals surface area contributed by atoms with Crippen molar-refractivity contribution in [3.05, 3.63) is 29.6 Å². The molecule has 21 heavy (non-hydrogen) atoms. The van der Waals surface area contributed by atoms with E-state index in [-0.39, 0.29) is 11.9 Å². The molecule has 1 aliphatic rings.